The number of nitrogens with zero attached hydrogens (tertiary/aromatic N) is 2. The lowest BCUT2D eigenvalue weighted by Crippen LogP contribution is -2.51. The topological polar surface area (TPSA) is 58.8 Å². The maximum atomic E-state index is 12.6. The number of benzene rings is 3. The molecule has 5 heteroatoms. The zero-order chi connectivity index (χ0) is 20.8. The molecule has 1 fully saturated rings. The predicted molar refractivity (Wildman–Crippen MR) is 119 cm³/mol. The van der Waals surface area contributed by atoms with Gasteiger partial charge in [0.15, 0.2) is 6.61 Å². The minimum absolute atomic E-state index is 0.00745. The Balaban J connectivity index is 1.39. The lowest BCUT2D eigenvalue weighted by Gasteiger charge is -2.39. The summed E-state index contributed by atoms with van der Waals surface area (Å²) in [5, 5.41) is 0. The number of anilines is 1. The lowest BCUT2D eigenvalue weighted by molar-refractivity contribution is -0.135. The molecular formula is C25H27N3O2. The number of nitrogens with two attached hydrogens (primary N) is 1. The number of hydrogen-bond donors (Lipinski definition) is 1. The van der Waals surface area contributed by atoms with Crippen molar-refractivity contribution in [2.24, 2.45) is 0 Å². The Morgan fingerprint density at radius 3 is 2.00 bits per heavy atom. The first kappa shape index (κ1) is 20.0. The van der Waals surface area contributed by atoms with Gasteiger partial charge in [-0.2, -0.15) is 0 Å². The van der Waals surface area contributed by atoms with Gasteiger partial charge in [0.05, 0.1) is 6.04 Å². The van der Waals surface area contributed by atoms with E-state index in [1.54, 1.807) is 12.1 Å². The predicted octanol–water partition coefficient (Wildman–Crippen LogP) is 3.58. The molecule has 1 aliphatic heterocycles. The first-order valence-electron chi connectivity index (χ1n) is 10.3. The van der Waals surface area contributed by atoms with E-state index in [2.05, 4.69) is 53.4 Å². The second-order valence-electron chi connectivity index (χ2n) is 7.50. The fourth-order valence-electron chi connectivity index (χ4n) is 3.95. The molecule has 154 valence electrons. The second kappa shape index (κ2) is 9.46. The standard InChI is InChI=1S/C25H27N3O2/c26-22-12-7-13-23(18-22)30-19-24(29)27-14-16-28(17-15-27)25(20-8-3-1-4-9-20)21-10-5-2-6-11-21/h1-13,18,25H,14-17,19,26H2. The van der Waals surface area contributed by atoms with Gasteiger partial charge in [-0.15, -0.1) is 0 Å². The van der Waals surface area contributed by atoms with E-state index in [4.69, 9.17) is 10.5 Å². The van der Waals surface area contributed by atoms with Gasteiger partial charge >= 0.3 is 0 Å². The molecule has 3 aromatic rings. The average molecular weight is 402 g/mol. The van der Waals surface area contributed by atoms with Crippen LogP contribution in [0.2, 0.25) is 0 Å². The summed E-state index contributed by atoms with van der Waals surface area (Å²) in [6, 6.07) is 28.5. The van der Waals surface area contributed by atoms with Gasteiger partial charge in [-0.05, 0) is 23.3 Å². The summed E-state index contributed by atoms with van der Waals surface area (Å²) in [5.41, 5.74) is 8.94. The van der Waals surface area contributed by atoms with Gasteiger partial charge in [-0.3, -0.25) is 9.69 Å². The molecule has 30 heavy (non-hydrogen) atoms. The molecule has 2 N–H and O–H groups in total. The Kier molecular flexibility index (Phi) is 6.30. The zero-order valence-corrected chi connectivity index (χ0v) is 17.0. The lowest BCUT2D eigenvalue weighted by atomic mass is 9.96. The van der Waals surface area contributed by atoms with Crippen LogP contribution >= 0.6 is 0 Å². The van der Waals surface area contributed by atoms with E-state index in [0.29, 0.717) is 24.5 Å². The Bertz CT molecular complexity index is 915. The van der Waals surface area contributed by atoms with Crippen LogP contribution in [0.15, 0.2) is 84.9 Å². The third kappa shape index (κ3) is 4.81. The van der Waals surface area contributed by atoms with E-state index in [9.17, 15) is 4.79 Å². The monoisotopic (exact) mass is 401 g/mol. The number of hydrogen-bond acceptors (Lipinski definition) is 4. The van der Waals surface area contributed by atoms with E-state index < -0.39 is 0 Å². The number of rotatable bonds is 6. The molecule has 0 radical (unpaired) electrons. The van der Waals surface area contributed by atoms with Crippen LogP contribution < -0.4 is 10.5 Å². The highest BCUT2D eigenvalue weighted by molar-refractivity contribution is 5.78. The van der Waals surface area contributed by atoms with Crippen molar-refractivity contribution in [2.75, 3.05) is 38.5 Å². The van der Waals surface area contributed by atoms with Gasteiger partial charge in [-0.25, -0.2) is 0 Å². The van der Waals surface area contributed by atoms with Crippen LogP contribution in [0, 0.1) is 0 Å². The highest BCUT2D eigenvalue weighted by atomic mass is 16.5. The van der Waals surface area contributed by atoms with Crippen LogP contribution in [0.5, 0.6) is 5.75 Å². The largest absolute Gasteiger partial charge is 0.484 e. The van der Waals surface area contributed by atoms with E-state index in [-0.39, 0.29) is 18.6 Å². The fourth-order valence-corrected chi connectivity index (χ4v) is 3.95. The van der Waals surface area contributed by atoms with Crippen molar-refractivity contribution in [2.45, 2.75) is 6.04 Å². The van der Waals surface area contributed by atoms with Crippen molar-refractivity contribution >= 4 is 11.6 Å². The molecule has 3 aromatic carbocycles. The third-order valence-corrected chi connectivity index (χ3v) is 5.48. The molecule has 0 spiro atoms. The average Bonchev–Trinajstić information content (AvgIpc) is 2.80. The molecule has 1 saturated heterocycles. The van der Waals surface area contributed by atoms with Crippen molar-refractivity contribution < 1.29 is 9.53 Å². The molecule has 5 nitrogen and oxygen atoms in total. The summed E-state index contributed by atoms with van der Waals surface area (Å²) < 4.78 is 5.63. The molecule has 1 amide bonds. The molecule has 1 aliphatic rings. The minimum Gasteiger partial charge on any atom is -0.484 e. The zero-order valence-electron chi connectivity index (χ0n) is 17.0. The Morgan fingerprint density at radius 1 is 0.833 bits per heavy atom. The van der Waals surface area contributed by atoms with Crippen molar-refractivity contribution in [1.29, 1.82) is 0 Å². The first-order valence-corrected chi connectivity index (χ1v) is 10.3. The number of ether oxygens (including phenoxy) is 1. The molecule has 0 aromatic heterocycles. The van der Waals surface area contributed by atoms with Gasteiger partial charge in [-0.1, -0.05) is 66.7 Å². The highest BCUT2D eigenvalue weighted by Crippen LogP contribution is 2.29. The molecule has 0 unspecified atom stereocenters. The maximum absolute atomic E-state index is 12.6. The van der Waals surface area contributed by atoms with Crippen molar-refractivity contribution in [3.63, 3.8) is 0 Å². The van der Waals surface area contributed by atoms with Crippen molar-refractivity contribution in [3.8, 4) is 5.75 Å². The van der Waals surface area contributed by atoms with Gasteiger partial charge in [0, 0.05) is 37.9 Å². The summed E-state index contributed by atoms with van der Waals surface area (Å²) in [6.07, 6.45) is 0. The number of nitrogen functional groups attached to an aromatic ring is 1. The SMILES string of the molecule is Nc1cccc(OCC(=O)N2CCN(C(c3ccccc3)c3ccccc3)CC2)c1. The van der Waals surface area contributed by atoms with Gasteiger partial charge in [0.25, 0.3) is 5.91 Å². The Morgan fingerprint density at radius 2 is 1.43 bits per heavy atom. The highest BCUT2D eigenvalue weighted by Gasteiger charge is 2.28. The molecule has 0 atom stereocenters. The van der Waals surface area contributed by atoms with Crippen LogP contribution in [-0.2, 0) is 4.79 Å². The third-order valence-electron chi connectivity index (χ3n) is 5.48. The van der Waals surface area contributed by atoms with Crippen molar-refractivity contribution in [1.82, 2.24) is 9.80 Å². The van der Waals surface area contributed by atoms with E-state index in [0.717, 1.165) is 13.1 Å². The summed E-state index contributed by atoms with van der Waals surface area (Å²) in [7, 11) is 0. The van der Waals surface area contributed by atoms with Crippen LogP contribution in [0.25, 0.3) is 0 Å². The normalized spacial score (nSPS) is 14.6. The van der Waals surface area contributed by atoms with E-state index in [1.165, 1.54) is 11.1 Å². The Labute approximate surface area is 177 Å². The van der Waals surface area contributed by atoms with Gasteiger partial charge < -0.3 is 15.4 Å². The van der Waals surface area contributed by atoms with Gasteiger partial charge in [0.2, 0.25) is 0 Å². The summed E-state index contributed by atoms with van der Waals surface area (Å²) in [5.74, 6) is 0.628. The summed E-state index contributed by atoms with van der Waals surface area (Å²) >= 11 is 0. The quantitative estimate of drug-likeness (QED) is 0.642. The van der Waals surface area contributed by atoms with Crippen molar-refractivity contribution in [3.05, 3.63) is 96.1 Å². The molecule has 0 bridgehead atoms. The molecular weight excluding hydrogens is 374 g/mol. The smallest absolute Gasteiger partial charge is 0.260 e. The fraction of sp³-hybridized carbons (Fsp3) is 0.240. The number of carbonyl (C=O) groups excluding carboxylic acids is 1. The number of carbonyl (C=O) groups is 1. The second-order valence-corrected chi connectivity index (χ2v) is 7.50. The van der Waals surface area contributed by atoms with Crippen LogP contribution in [0.1, 0.15) is 17.2 Å². The first-order chi connectivity index (χ1) is 14.7. The molecule has 0 aliphatic carbocycles. The summed E-state index contributed by atoms with van der Waals surface area (Å²) in [6.45, 7) is 3.05. The summed E-state index contributed by atoms with van der Waals surface area (Å²) in [4.78, 5) is 17.0. The molecule has 4 rings (SSSR count). The van der Waals surface area contributed by atoms with Crippen LogP contribution in [0.3, 0.4) is 0 Å². The van der Waals surface area contributed by atoms with Crippen LogP contribution in [0.4, 0.5) is 5.69 Å². The Hall–Kier alpha value is -3.31. The van der Waals surface area contributed by atoms with E-state index >= 15 is 0 Å². The maximum Gasteiger partial charge on any atom is 0.260 e. The molecule has 1 heterocycles. The minimum atomic E-state index is 0.00745. The number of piperazine rings is 1. The van der Waals surface area contributed by atoms with Gasteiger partial charge in [0.1, 0.15) is 5.75 Å². The number of amides is 1. The van der Waals surface area contributed by atoms with E-state index in [1.807, 2.05) is 29.2 Å². The van der Waals surface area contributed by atoms with Crippen LogP contribution in [-0.4, -0.2) is 48.5 Å². The molecule has 0 saturated carbocycles.